The second-order valence-corrected chi connectivity index (χ2v) is 5.38. The van der Waals surface area contributed by atoms with E-state index in [4.69, 9.17) is 4.74 Å². The molecule has 1 amide bonds. The van der Waals surface area contributed by atoms with Gasteiger partial charge in [0.2, 0.25) is 0 Å². The lowest BCUT2D eigenvalue weighted by Crippen LogP contribution is -2.20. The molecule has 0 atom stereocenters. The second-order valence-electron chi connectivity index (χ2n) is 4.53. The SMILES string of the molecule is COc1ccc(C(=O)NN=C2CCCCC2)cc1Br. The van der Waals surface area contributed by atoms with Crippen molar-refractivity contribution in [3.05, 3.63) is 28.2 Å². The van der Waals surface area contributed by atoms with E-state index in [9.17, 15) is 4.79 Å². The Bertz CT molecular complexity index is 492. The van der Waals surface area contributed by atoms with E-state index < -0.39 is 0 Å². The predicted octanol–water partition coefficient (Wildman–Crippen LogP) is 3.51. The normalized spacial score (nSPS) is 14.9. The van der Waals surface area contributed by atoms with E-state index in [1.807, 2.05) is 0 Å². The van der Waals surface area contributed by atoms with Gasteiger partial charge in [0.05, 0.1) is 11.6 Å². The Morgan fingerprint density at radius 2 is 2.05 bits per heavy atom. The van der Waals surface area contributed by atoms with Crippen LogP contribution in [0, 0.1) is 0 Å². The average Bonchev–Trinajstić information content (AvgIpc) is 2.45. The summed E-state index contributed by atoms with van der Waals surface area (Å²) in [4.78, 5) is 12.0. The van der Waals surface area contributed by atoms with Gasteiger partial charge in [-0.1, -0.05) is 6.42 Å². The van der Waals surface area contributed by atoms with Gasteiger partial charge in [-0.2, -0.15) is 5.10 Å². The van der Waals surface area contributed by atoms with Crippen LogP contribution in [0.1, 0.15) is 42.5 Å². The number of carbonyl (C=O) groups is 1. The number of nitrogens with zero attached hydrogens (tertiary/aromatic N) is 1. The van der Waals surface area contributed by atoms with Crippen molar-refractivity contribution >= 4 is 27.5 Å². The van der Waals surface area contributed by atoms with Gasteiger partial charge in [0.1, 0.15) is 5.75 Å². The zero-order valence-corrected chi connectivity index (χ0v) is 12.5. The number of halogens is 1. The number of methoxy groups -OCH3 is 1. The first kappa shape index (κ1) is 14.1. The number of hydrogen-bond acceptors (Lipinski definition) is 3. The highest BCUT2D eigenvalue weighted by atomic mass is 79.9. The van der Waals surface area contributed by atoms with Gasteiger partial charge in [0.25, 0.3) is 5.91 Å². The van der Waals surface area contributed by atoms with Gasteiger partial charge in [-0.15, -0.1) is 0 Å². The summed E-state index contributed by atoms with van der Waals surface area (Å²) >= 11 is 3.36. The molecule has 0 radical (unpaired) electrons. The standard InChI is InChI=1S/C14H17BrN2O2/c1-19-13-8-7-10(9-12(13)15)14(18)17-16-11-5-3-2-4-6-11/h7-9H,2-6H2,1H3,(H,17,18). The maximum Gasteiger partial charge on any atom is 0.271 e. The van der Waals surface area contributed by atoms with Crippen LogP contribution in [0.2, 0.25) is 0 Å². The van der Waals surface area contributed by atoms with Gasteiger partial charge in [0.15, 0.2) is 0 Å². The summed E-state index contributed by atoms with van der Waals surface area (Å²) in [6.07, 6.45) is 5.59. The summed E-state index contributed by atoms with van der Waals surface area (Å²) < 4.78 is 5.89. The quantitative estimate of drug-likeness (QED) is 0.865. The van der Waals surface area contributed by atoms with Gasteiger partial charge < -0.3 is 4.74 Å². The fourth-order valence-corrected chi connectivity index (χ4v) is 2.61. The molecule has 1 aliphatic carbocycles. The number of hydrazone groups is 1. The third kappa shape index (κ3) is 3.80. The summed E-state index contributed by atoms with van der Waals surface area (Å²) in [5.74, 6) is 0.511. The molecule has 0 unspecified atom stereocenters. The molecule has 1 saturated carbocycles. The van der Waals surface area contributed by atoms with Crippen molar-refractivity contribution in [2.45, 2.75) is 32.1 Å². The lowest BCUT2D eigenvalue weighted by molar-refractivity contribution is 0.0954. The topological polar surface area (TPSA) is 50.7 Å². The Morgan fingerprint density at radius 1 is 1.32 bits per heavy atom. The molecule has 0 spiro atoms. The summed E-state index contributed by atoms with van der Waals surface area (Å²) in [5, 5.41) is 4.20. The van der Waals surface area contributed by atoms with Crippen LogP contribution in [0.3, 0.4) is 0 Å². The van der Waals surface area contributed by atoms with E-state index in [0.29, 0.717) is 11.3 Å². The Labute approximate surface area is 121 Å². The zero-order valence-electron chi connectivity index (χ0n) is 10.9. The number of nitrogens with one attached hydrogen (secondary N) is 1. The fourth-order valence-electron chi connectivity index (χ4n) is 2.07. The highest BCUT2D eigenvalue weighted by molar-refractivity contribution is 9.10. The van der Waals surface area contributed by atoms with Crippen LogP contribution in [0.15, 0.2) is 27.8 Å². The molecule has 19 heavy (non-hydrogen) atoms. The molecule has 1 aromatic carbocycles. The molecular formula is C14H17BrN2O2. The lowest BCUT2D eigenvalue weighted by Gasteiger charge is -2.12. The Morgan fingerprint density at radius 3 is 2.68 bits per heavy atom. The van der Waals surface area contributed by atoms with E-state index in [1.165, 1.54) is 19.3 Å². The van der Waals surface area contributed by atoms with Crippen LogP contribution in [0.4, 0.5) is 0 Å². The number of rotatable bonds is 3. The molecule has 2 rings (SSSR count). The minimum absolute atomic E-state index is 0.193. The van der Waals surface area contributed by atoms with Crippen LogP contribution in [0.5, 0.6) is 5.75 Å². The largest absolute Gasteiger partial charge is 0.496 e. The van der Waals surface area contributed by atoms with Crippen LogP contribution in [-0.2, 0) is 0 Å². The molecule has 1 aliphatic rings. The molecule has 0 heterocycles. The molecule has 0 aromatic heterocycles. The molecule has 4 nitrogen and oxygen atoms in total. The summed E-state index contributed by atoms with van der Waals surface area (Å²) in [5.41, 5.74) is 4.27. The molecule has 1 aromatic rings. The van der Waals surface area contributed by atoms with Crippen molar-refractivity contribution < 1.29 is 9.53 Å². The smallest absolute Gasteiger partial charge is 0.271 e. The maximum absolute atomic E-state index is 12.0. The highest BCUT2D eigenvalue weighted by Gasteiger charge is 2.10. The van der Waals surface area contributed by atoms with E-state index in [-0.39, 0.29) is 5.91 Å². The number of amides is 1. The van der Waals surface area contributed by atoms with Crippen molar-refractivity contribution in [3.63, 3.8) is 0 Å². The van der Waals surface area contributed by atoms with Crippen molar-refractivity contribution in [2.24, 2.45) is 5.10 Å². The van der Waals surface area contributed by atoms with Crippen molar-refractivity contribution in [1.29, 1.82) is 0 Å². The van der Waals surface area contributed by atoms with Crippen LogP contribution >= 0.6 is 15.9 Å². The van der Waals surface area contributed by atoms with E-state index >= 15 is 0 Å². The molecular weight excluding hydrogens is 308 g/mol. The Hall–Kier alpha value is -1.36. The van der Waals surface area contributed by atoms with Gasteiger partial charge in [-0.3, -0.25) is 4.79 Å². The molecule has 5 heteroatoms. The van der Waals surface area contributed by atoms with Crippen molar-refractivity contribution in [3.8, 4) is 5.75 Å². The number of ether oxygens (including phenoxy) is 1. The minimum atomic E-state index is -0.193. The first-order valence-corrected chi connectivity index (χ1v) is 7.19. The summed E-state index contributed by atoms with van der Waals surface area (Å²) in [6.45, 7) is 0. The molecule has 102 valence electrons. The van der Waals surface area contributed by atoms with Crippen LogP contribution in [0.25, 0.3) is 0 Å². The molecule has 0 aliphatic heterocycles. The first-order valence-electron chi connectivity index (χ1n) is 6.40. The molecule has 1 fully saturated rings. The molecule has 0 bridgehead atoms. The Kier molecular flexibility index (Phi) is 4.96. The van der Waals surface area contributed by atoms with Gasteiger partial charge >= 0.3 is 0 Å². The lowest BCUT2D eigenvalue weighted by atomic mass is 9.99. The zero-order chi connectivity index (χ0) is 13.7. The van der Waals surface area contributed by atoms with Crippen LogP contribution < -0.4 is 10.2 Å². The molecule has 0 saturated heterocycles. The van der Waals surface area contributed by atoms with Crippen molar-refractivity contribution in [1.82, 2.24) is 5.43 Å². The van der Waals surface area contributed by atoms with E-state index in [2.05, 4.69) is 26.5 Å². The molecule has 1 N–H and O–H groups in total. The van der Waals surface area contributed by atoms with Gasteiger partial charge in [-0.05, 0) is 59.8 Å². The van der Waals surface area contributed by atoms with Crippen LogP contribution in [-0.4, -0.2) is 18.7 Å². The third-order valence-electron chi connectivity index (χ3n) is 3.16. The van der Waals surface area contributed by atoms with Crippen molar-refractivity contribution in [2.75, 3.05) is 7.11 Å². The highest BCUT2D eigenvalue weighted by Crippen LogP contribution is 2.25. The fraction of sp³-hybridized carbons (Fsp3) is 0.429. The minimum Gasteiger partial charge on any atom is -0.496 e. The monoisotopic (exact) mass is 324 g/mol. The Balaban J connectivity index is 2.01. The first-order chi connectivity index (χ1) is 9.20. The second kappa shape index (κ2) is 6.70. The average molecular weight is 325 g/mol. The third-order valence-corrected chi connectivity index (χ3v) is 3.78. The van der Waals surface area contributed by atoms with Gasteiger partial charge in [-0.25, -0.2) is 5.43 Å². The predicted molar refractivity (Wildman–Crippen MR) is 78.7 cm³/mol. The van der Waals surface area contributed by atoms with E-state index in [1.54, 1.807) is 25.3 Å². The number of benzene rings is 1. The van der Waals surface area contributed by atoms with Gasteiger partial charge in [0, 0.05) is 11.3 Å². The summed E-state index contributed by atoms with van der Waals surface area (Å²) in [6, 6.07) is 5.21. The summed E-state index contributed by atoms with van der Waals surface area (Å²) in [7, 11) is 1.59. The number of hydrogen-bond donors (Lipinski definition) is 1. The number of carbonyl (C=O) groups excluding carboxylic acids is 1. The van der Waals surface area contributed by atoms with E-state index in [0.717, 1.165) is 23.0 Å². The maximum atomic E-state index is 12.0.